The Bertz CT molecular complexity index is 966. The summed E-state index contributed by atoms with van der Waals surface area (Å²) in [6.45, 7) is 1.27. The van der Waals surface area contributed by atoms with Gasteiger partial charge in [0.15, 0.2) is 0 Å². The predicted octanol–water partition coefficient (Wildman–Crippen LogP) is 4.86. The van der Waals surface area contributed by atoms with Crippen LogP contribution in [0.15, 0.2) is 66.7 Å². The molecule has 1 heterocycles. The van der Waals surface area contributed by atoms with Gasteiger partial charge in [-0.05, 0) is 53.4 Å². The van der Waals surface area contributed by atoms with Gasteiger partial charge in [-0.25, -0.2) is 4.39 Å². The van der Waals surface area contributed by atoms with E-state index in [1.807, 2.05) is 24.3 Å². The maximum absolute atomic E-state index is 14.0. The topological polar surface area (TPSA) is 40.5 Å². The molecule has 0 saturated carbocycles. The fraction of sp³-hybridized carbons (Fsp3) is 0.261. The Hall–Kier alpha value is -2.72. The van der Waals surface area contributed by atoms with Crippen molar-refractivity contribution in [3.8, 4) is 0 Å². The molecule has 2 atom stereocenters. The second-order valence-corrected chi connectivity index (χ2v) is 7.20. The van der Waals surface area contributed by atoms with E-state index in [1.54, 1.807) is 12.1 Å². The van der Waals surface area contributed by atoms with Gasteiger partial charge in [-0.3, -0.25) is 9.69 Å². The van der Waals surface area contributed by atoms with Crippen LogP contribution in [0.3, 0.4) is 0 Å². The van der Waals surface area contributed by atoms with E-state index >= 15 is 0 Å². The highest BCUT2D eigenvalue weighted by Crippen LogP contribution is 2.36. The zero-order valence-electron chi connectivity index (χ0n) is 15.0. The van der Waals surface area contributed by atoms with Gasteiger partial charge in [0.25, 0.3) is 0 Å². The van der Waals surface area contributed by atoms with E-state index in [4.69, 9.17) is 0 Å². The molecule has 1 aliphatic rings. The highest BCUT2D eigenvalue weighted by molar-refractivity contribution is 5.86. The van der Waals surface area contributed by atoms with Crippen LogP contribution >= 0.6 is 0 Å². The van der Waals surface area contributed by atoms with Crippen LogP contribution in [0.4, 0.5) is 4.39 Å². The molecule has 3 nitrogen and oxygen atoms in total. The lowest BCUT2D eigenvalue weighted by Gasteiger charge is -2.38. The molecular formula is C23H22FNO2. The van der Waals surface area contributed by atoms with Crippen molar-refractivity contribution in [2.75, 3.05) is 13.1 Å². The summed E-state index contributed by atoms with van der Waals surface area (Å²) in [5.74, 6) is -1.41. The van der Waals surface area contributed by atoms with Crippen LogP contribution in [0.5, 0.6) is 0 Å². The summed E-state index contributed by atoms with van der Waals surface area (Å²) in [5, 5.41) is 11.8. The van der Waals surface area contributed by atoms with Gasteiger partial charge in [0.1, 0.15) is 5.82 Å². The predicted molar refractivity (Wildman–Crippen MR) is 104 cm³/mol. The molecule has 27 heavy (non-hydrogen) atoms. The maximum Gasteiger partial charge on any atom is 0.307 e. The molecular weight excluding hydrogens is 341 g/mol. The Morgan fingerprint density at radius 2 is 1.85 bits per heavy atom. The normalized spacial score (nSPS) is 19.1. The van der Waals surface area contributed by atoms with E-state index in [-0.39, 0.29) is 17.8 Å². The van der Waals surface area contributed by atoms with Crippen LogP contribution in [0.25, 0.3) is 10.8 Å². The van der Waals surface area contributed by atoms with Crippen LogP contribution in [0.2, 0.25) is 0 Å². The fourth-order valence-corrected chi connectivity index (χ4v) is 4.20. The SMILES string of the molecule is O=C(O)C1CCCN(C(c2cccc(F)c2)c2cccc3ccccc23)C1. The summed E-state index contributed by atoms with van der Waals surface area (Å²) < 4.78 is 14.0. The highest BCUT2D eigenvalue weighted by atomic mass is 19.1. The lowest BCUT2D eigenvalue weighted by atomic mass is 9.89. The highest BCUT2D eigenvalue weighted by Gasteiger charge is 2.32. The first-order valence-corrected chi connectivity index (χ1v) is 9.33. The number of hydrogen-bond donors (Lipinski definition) is 1. The number of benzene rings is 3. The number of halogens is 1. The van der Waals surface area contributed by atoms with Crippen molar-refractivity contribution >= 4 is 16.7 Å². The second-order valence-electron chi connectivity index (χ2n) is 7.20. The number of hydrogen-bond acceptors (Lipinski definition) is 2. The van der Waals surface area contributed by atoms with Crippen LogP contribution < -0.4 is 0 Å². The fourth-order valence-electron chi connectivity index (χ4n) is 4.20. The Balaban J connectivity index is 1.84. The zero-order chi connectivity index (χ0) is 18.8. The van der Waals surface area contributed by atoms with Gasteiger partial charge in [-0.15, -0.1) is 0 Å². The van der Waals surface area contributed by atoms with Crippen molar-refractivity contribution in [2.24, 2.45) is 5.92 Å². The van der Waals surface area contributed by atoms with Gasteiger partial charge in [0, 0.05) is 6.54 Å². The van der Waals surface area contributed by atoms with Crippen molar-refractivity contribution in [3.63, 3.8) is 0 Å². The monoisotopic (exact) mass is 363 g/mol. The number of carboxylic acid groups (broad SMARTS) is 1. The van der Waals surface area contributed by atoms with Crippen molar-refractivity contribution in [3.05, 3.63) is 83.7 Å². The molecule has 2 unspecified atom stereocenters. The molecule has 0 amide bonds. The molecule has 4 rings (SSSR count). The van der Waals surface area contributed by atoms with Crippen LogP contribution in [-0.4, -0.2) is 29.1 Å². The standard InChI is InChI=1S/C23H22FNO2/c24-19-10-3-8-17(14-19)22(25-13-5-9-18(15-25)23(26)27)21-12-4-7-16-6-1-2-11-20(16)21/h1-4,6-8,10-12,14,18,22H,5,9,13,15H2,(H,26,27). The van der Waals surface area contributed by atoms with Crippen LogP contribution in [0, 0.1) is 11.7 Å². The molecule has 3 aromatic rings. The maximum atomic E-state index is 14.0. The number of rotatable bonds is 4. The molecule has 0 bridgehead atoms. The smallest absolute Gasteiger partial charge is 0.307 e. The van der Waals surface area contributed by atoms with Gasteiger partial charge in [0.2, 0.25) is 0 Å². The lowest BCUT2D eigenvalue weighted by molar-refractivity contribution is -0.143. The molecule has 0 spiro atoms. The van der Waals surface area contributed by atoms with Crippen molar-refractivity contribution in [2.45, 2.75) is 18.9 Å². The molecule has 1 N–H and O–H groups in total. The molecule has 1 fully saturated rings. The minimum atomic E-state index is -0.754. The number of nitrogens with zero attached hydrogens (tertiary/aromatic N) is 1. The summed E-state index contributed by atoms with van der Waals surface area (Å²) in [6.07, 6.45) is 1.52. The minimum Gasteiger partial charge on any atom is -0.481 e. The van der Waals surface area contributed by atoms with E-state index in [0.717, 1.165) is 34.9 Å². The van der Waals surface area contributed by atoms with E-state index < -0.39 is 5.97 Å². The molecule has 0 aliphatic carbocycles. The van der Waals surface area contributed by atoms with E-state index in [1.165, 1.54) is 6.07 Å². The van der Waals surface area contributed by atoms with Crippen molar-refractivity contribution in [1.29, 1.82) is 0 Å². The molecule has 3 aromatic carbocycles. The van der Waals surface area contributed by atoms with E-state index in [9.17, 15) is 14.3 Å². The number of carbonyl (C=O) groups is 1. The lowest BCUT2D eigenvalue weighted by Crippen LogP contribution is -2.41. The molecule has 138 valence electrons. The summed E-state index contributed by atoms with van der Waals surface area (Å²) in [4.78, 5) is 13.8. The summed E-state index contributed by atoms with van der Waals surface area (Å²) in [6, 6.07) is 20.8. The number of likely N-dealkylation sites (tertiary alicyclic amines) is 1. The Morgan fingerprint density at radius 1 is 1.07 bits per heavy atom. The zero-order valence-corrected chi connectivity index (χ0v) is 15.0. The van der Waals surface area contributed by atoms with Crippen LogP contribution in [0.1, 0.15) is 30.0 Å². The third-order valence-electron chi connectivity index (χ3n) is 5.45. The number of carboxylic acids is 1. The molecule has 0 radical (unpaired) electrons. The first-order chi connectivity index (χ1) is 13.1. The first kappa shape index (κ1) is 17.7. The van der Waals surface area contributed by atoms with Gasteiger partial charge < -0.3 is 5.11 Å². The summed E-state index contributed by atoms with van der Waals surface area (Å²) in [7, 11) is 0. The molecule has 1 aliphatic heterocycles. The van der Waals surface area contributed by atoms with Gasteiger partial charge in [-0.1, -0.05) is 54.6 Å². The van der Waals surface area contributed by atoms with Gasteiger partial charge in [-0.2, -0.15) is 0 Å². The average Bonchev–Trinajstić information content (AvgIpc) is 2.69. The number of fused-ring (bicyclic) bond motifs is 1. The van der Waals surface area contributed by atoms with Gasteiger partial charge >= 0.3 is 5.97 Å². The number of piperidine rings is 1. The van der Waals surface area contributed by atoms with E-state index in [2.05, 4.69) is 29.2 Å². The van der Waals surface area contributed by atoms with Crippen molar-refractivity contribution in [1.82, 2.24) is 4.90 Å². The largest absolute Gasteiger partial charge is 0.481 e. The second kappa shape index (κ2) is 7.49. The van der Waals surface area contributed by atoms with Crippen LogP contribution in [-0.2, 0) is 4.79 Å². The van der Waals surface area contributed by atoms with Crippen molar-refractivity contribution < 1.29 is 14.3 Å². The third kappa shape index (κ3) is 3.58. The number of aliphatic carboxylic acids is 1. The van der Waals surface area contributed by atoms with Gasteiger partial charge in [0.05, 0.1) is 12.0 Å². The molecule has 4 heteroatoms. The minimum absolute atomic E-state index is 0.172. The third-order valence-corrected chi connectivity index (χ3v) is 5.45. The molecule has 1 saturated heterocycles. The van der Waals surface area contributed by atoms with E-state index in [0.29, 0.717) is 13.0 Å². The first-order valence-electron chi connectivity index (χ1n) is 9.33. The Morgan fingerprint density at radius 3 is 2.67 bits per heavy atom. The average molecular weight is 363 g/mol. The molecule has 0 aromatic heterocycles. The Kier molecular flexibility index (Phi) is 4.90. The quantitative estimate of drug-likeness (QED) is 0.719. The summed E-state index contributed by atoms with van der Waals surface area (Å²) in [5.41, 5.74) is 1.95. The summed E-state index contributed by atoms with van der Waals surface area (Å²) >= 11 is 0. The Labute approximate surface area is 158 Å².